The zero-order valence-electron chi connectivity index (χ0n) is 20.7. The van der Waals surface area contributed by atoms with Crippen LogP contribution in [0.3, 0.4) is 0 Å². The minimum Gasteiger partial charge on any atom is -0.450 e. The molecular formula is C28H30FN5O3. The first-order valence-corrected chi connectivity index (χ1v) is 12.4. The molecule has 37 heavy (non-hydrogen) atoms. The van der Waals surface area contributed by atoms with E-state index < -0.39 is 6.09 Å². The summed E-state index contributed by atoms with van der Waals surface area (Å²) in [6, 6.07) is 13.8. The van der Waals surface area contributed by atoms with E-state index >= 15 is 0 Å². The Morgan fingerprint density at radius 2 is 1.76 bits per heavy atom. The van der Waals surface area contributed by atoms with Crippen LogP contribution in [0.4, 0.5) is 15.0 Å². The average molecular weight is 504 g/mol. The molecule has 8 nitrogen and oxygen atoms in total. The molecule has 0 fully saturated rings. The molecule has 2 amide bonds. The number of unbranched alkanes of at least 4 members (excludes halogenated alkanes) is 2. The number of benzene rings is 1. The van der Waals surface area contributed by atoms with E-state index in [1.54, 1.807) is 30.6 Å². The summed E-state index contributed by atoms with van der Waals surface area (Å²) in [5.74, 6) is -0.0310. The van der Waals surface area contributed by atoms with Gasteiger partial charge in [0.1, 0.15) is 17.3 Å². The van der Waals surface area contributed by atoms with Gasteiger partial charge < -0.3 is 20.4 Å². The molecule has 0 saturated carbocycles. The molecule has 0 bridgehead atoms. The molecular weight excluding hydrogens is 473 g/mol. The molecule has 9 heteroatoms. The fourth-order valence-electron chi connectivity index (χ4n) is 3.96. The number of fused-ring (bicyclic) bond motifs is 1. The summed E-state index contributed by atoms with van der Waals surface area (Å²) in [5.41, 5.74) is 4.10. The van der Waals surface area contributed by atoms with Crippen LogP contribution in [0.1, 0.15) is 39.0 Å². The molecule has 3 N–H and O–H groups in total. The van der Waals surface area contributed by atoms with Crippen molar-refractivity contribution in [2.24, 2.45) is 0 Å². The van der Waals surface area contributed by atoms with Crippen LogP contribution in [0.25, 0.3) is 33.4 Å². The molecule has 1 aromatic carbocycles. The number of hydrogen-bond acceptors (Lipinski definition) is 5. The number of carbonyl (C=O) groups is 2. The Morgan fingerprint density at radius 3 is 2.51 bits per heavy atom. The lowest BCUT2D eigenvalue weighted by Gasteiger charge is -2.07. The van der Waals surface area contributed by atoms with Crippen molar-refractivity contribution in [3.05, 3.63) is 66.7 Å². The van der Waals surface area contributed by atoms with Crippen LogP contribution in [0.15, 0.2) is 60.9 Å². The van der Waals surface area contributed by atoms with E-state index in [1.165, 1.54) is 12.1 Å². The number of anilines is 1. The van der Waals surface area contributed by atoms with Crippen LogP contribution in [0.2, 0.25) is 0 Å². The molecule has 0 aliphatic rings. The molecule has 0 atom stereocenters. The minimum atomic E-state index is -0.424. The number of ether oxygens (including phenoxy) is 1. The lowest BCUT2D eigenvalue weighted by molar-refractivity contribution is -0.116. The van der Waals surface area contributed by atoms with Crippen molar-refractivity contribution < 1.29 is 18.7 Å². The van der Waals surface area contributed by atoms with Gasteiger partial charge in [0.15, 0.2) is 0 Å². The third-order valence-corrected chi connectivity index (χ3v) is 5.86. The largest absolute Gasteiger partial charge is 0.450 e. The predicted molar refractivity (Wildman–Crippen MR) is 141 cm³/mol. The van der Waals surface area contributed by atoms with Gasteiger partial charge in [-0.05, 0) is 78.9 Å². The SMILES string of the molecule is CCCCOC(=O)NCCCCC(=O)Nc1ccc2c(-c3ccncc3)c(-c3ccc(F)cc3)[nH]c2n1. The third kappa shape index (κ3) is 6.91. The number of aromatic amines is 1. The summed E-state index contributed by atoms with van der Waals surface area (Å²) in [5, 5.41) is 6.41. The van der Waals surface area contributed by atoms with Gasteiger partial charge >= 0.3 is 6.09 Å². The van der Waals surface area contributed by atoms with Crippen LogP contribution in [-0.4, -0.2) is 40.1 Å². The van der Waals surface area contributed by atoms with Crippen molar-refractivity contribution in [3.63, 3.8) is 0 Å². The van der Waals surface area contributed by atoms with E-state index in [1.807, 2.05) is 25.1 Å². The molecule has 4 aromatic rings. The lowest BCUT2D eigenvalue weighted by atomic mass is 10.00. The monoisotopic (exact) mass is 503 g/mol. The number of nitrogens with one attached hydrogen (secondary N) is 3. The zero-order chi connectivity index (χ0) is 26.0. The Bertz CT molecular complexity index is 1340. The molecule has 3 aromatic heterocycles. The first-order valence-electron chi connectivity index (χ1n) is 12.4. The summed E-state index contributed by atoms with van der Waals surface area (Å²) in [7, 11) is 0. The Kier molecular flexibility index (Phi) is 8.80. The fraction of sp³-hybridized carbons (Fsp3) is 0.286. The van der Waals surface area contributed by atoms with Crippen molar-refractivity contribution in [2.75, 3.05) is 18.5 Å². The number of H-pyrrole nitrogens is 1. The van der Waals surface area contributed by atoms with E-state index in [2.05, 4.69) is 25.6 Å². The van der Waals surface area contributed by atoms with Crippen molar-refractivity contribution in [2.45, 2.75) is 39.0 Å². The second-order valence-corrected chi connectivity index (χ2v) is 8.63. The average Bonchev–Trinajstić information content (AvgIpc) is 3.28. The Morgan fingerprint density at radius 1 is 0.973 bits per heavy atom. The lowest BCUT2D eigenvalue weighted by Crippen LogP contribution is -2.25. The first kappa shape index (κ1) is 25.8. The van der Waals surface area contributed by atoms with Crippen LogP contribution < -0.4 is 10.6 Å². The summed E-state index contributed by atoms with van der Waals surface area (Å²) in [6.07, 6.45) is 6.41. The Hall–Kier alpha value is -4.27. The van der Waals surface area contributed by atoms with Gasteiger partial charge in [0.05, 0.1) is 12.3 Å². The molecule has 4 rings (SSSR count). The van der Waals surface area contributed by atoms with E-state index in [0.717, 1.165) is 40.6 Å². The maximum absolute atomic E-state index is 13.5. The molecule has 3 heterocycles. The van der Waals surface area contributed by atoms with Gasteiger partial charge in [0.2, 0.25) is 5.91 Å². The molecule has 0 aliphatic carbocycles. The predicted octanol–water partition coefficient (Wildman–Crippen LogP) is 6.07. The number of amides is 2. The number of pyridine rings is 2. The van der Waals surface area contributed by atoms with Gasteiger partial charge in [-0.3, -0.25) is 9.78 Å². The molecule has 0 aliphatic heterocycles. The highest BCUT2D eigenvalue weighted by Gasteiger charge is 2.17. The smallest absolute Gasteiger partial charge is 0.407 e. The number of halogens is 1. The number of rotatable bonds is 11. The van der Waals surface area contributed by atoms with Gasteiger partial charge in [0, 0.05) is 36.3 Å². The maximum atomic E-state index is 13.5. The topological polar surface area (TPSA) is 109 Å². The second kappa shape index (κ2) is 12.6. The summed E-state index contributed by atoms with van der Waals surface area (Å²) < 4.78 is 18.6. The summed E-state index contributed by atoms with van der Waals surface area (Å²) >= 11 is 0. The van der Waals surface area contributed by atoms with Crippen molar-refractivity contribution in [3.8, 4) is 22.4 Å². The van der Waals surface area contributed by atoms with Crippen molar-refractivity contribution in [1.29, 1.82) is 0 Å². The van der Waals surface area contributed by atoms with E-state index in [-0.39, 0.29) is 11.7 Å². The minimum absolute atomic E-state index is 0.156. The van der Waals surface area contributed by atoms with Crippen LogP contribution in [0.5, 0.6) is 0 Å². The fourth-order valence-corrected chi connectivity index (χ4v) is 3.96. The highest BCUT2D eigenvalue weighted by molar-refractivity contribution is 6.03. The number of hydrogen-bond donors (Lipinski definition) is 3. The first-order chi connectivity index (χ1) is 18.0. The van der Waals surface area contributed by atoms with Crippen LogP contribution in [-0.2, 0) is 9.53 Å². The molecule has 192 valence electrons. The van der Waals surface area contributed by atoms with Gasteiger partial charge in [-0.2, -0.15) is 0 Å². The maximum Gasteiger partial charge on any atom is 0.407 e. The normalized spacial score (nSPS) is 10.9. The molecule has 0 unspecified atom stereocenters. The second-order valence-electron chi connectivity index (χ2n) is 8.63. The van der Waals surface area contributed by atoms with Crippen molar-refractivity contribution >= 4 is 28.9 Å². The Labute approximate surface area is 214 Å². The molecule has 0 radical (unpaired) electrons. The quantitative estimate of drug-likeness (QED) is 0.215. The van der Waals surface area contributed by atoms with E-state index in [0.29, 0.717) is 43.9 Å². The van der Waals surface area contributed by atoms with Gasteiger partial charge in [-0.25, -0.2) is 14.2 Å². The van der Waals surface area contributed by atoms with E-state index in [4.69, 9.17) is 4.74 Å². The number of alkyl carbamates (subject to hydrolysis) is 1. The summed E-state index contributed by atoms with van der Waals surface area (Å²) in [4.78, 5) is 36.1. The number of aromatic nitrogens is 3. The van der Waals surface area contributed by atoms with Crippen LogP contribution in [0, 0.1) is 5.82 Å². The van der Waals surface area contributed by atoms with E-state index in [9.17, 15) is 14.0 Å². The number of carbonyl (C=O) groups excluding carboxylic acids is 2. The van der Waals surface area contributed by atoms with Crippen molar-refractivity contribution in [1.82, 2.24) is 20.3 Å². The highest BCUT2D eigenvalue weighted by Crippen LogP contribution is 2.38. The van der Waals surface area contributed by atoms with Crippen LogP contribution >= 0.6 is 0 Å². The molecule has 0 spiro atoms. The van der Waals surface area contributed by atoms with Gasteiger partial charge in [-0.15, -0.1) is 0 Å². The standard InChI is InChI=1S/C28H30FN5O3/c1-2-3-18-37-28(36)31-15-5-4-6-24(35)32-23-12-11-22-25(19-13-16-30-17-14-19)26(34-27(22)33-23)20-7-9-21(29)10-8-20/h7-14,16-17H,2-6,15,18H2,1H3,(H,31,36)(H2,32,33,34,35). The summed E-state index contributed by atoms with van der Waals surface area (Å²) in [6.45, 7) is 2.90. The van der Waals surface area contributed by atoms with Gasteiger partial charge in [0.25, 0.3) is 0 Å². The number of nitrogens with zero attached hydrogens (tertiary/aromatic N) is 2. The highest BCUT2D eigenvalue weighted by atomic mass is 19.1. The third-order valence-electron chi connectivity index (χ3n) is 5.86. The molecule has 0 saturated heterocycles. The zero-order valence-corrected chi connectivity index (χ0v) is 20.7. The van der Waals surface area contributed by atoms with Gasteiger partial charge in [-0.1, -0.05) is 13.3 Å². The Balaban J connectivity index is 1.41.